The van der Waals surface area contributed by atoms with E-state index in [2.05, 4.69) is 42.9 Å². The van der Waals surface area contributed by atoms with Gasteiger partial charge in [0.1, 0.15) is 23.2 Å². The standard InChI is InChI=1S/C22H18IN5O2/c1-14-25-20(28-11-10-24-15(28)2)13-21(26-14)30-19-8-6-18(7-9-19)27-22(29)16-4-3-5-17(23)12-16/h3-13H,1-2H3,(H,27,29). The number of amides is 1. The van der Waals surface area contributed by atoms with Gasteiger partial charge in [0.15, 0.2) is 0 Å². The van der Waals surface area contributed by atoms with Crippen molar-refractivity contribution in [3.05, 3.63) is 87.8 Å². The van der Waals surface area contributed by atoms with E-state index in [0.29, 0.717) is 34.5 Å². The van der Waals surface area contributed by atoms with Gasteiger partial charge in [-0.1, -0.05) is 6.07 Å². The summed E-state index contributed by atoms with van der Waals surface area (Å²) in [7, 11) is 0. The second kappa shape index (κ2) is 8.62. The highest BCUT2D eigenvalue weighted by molar-refractivity contribution is 14.1. The Morgan fingerprint density at radius 2 is 1.87 bits per heavy atom. The average Bonchev–Trinajstić information content (AvgIpc) is 3.15. The summed E-state index contributed by atoms with van der Waals surface area (Å²) in [5.74, 6) is 2.99. The maximum atomic E-state index is 12.4. The molecular weight excluding hydrogens is 493 g/mol. The van der Waals surface area contributed by atoms with Crippen molar-refractivity contribution in [2.45, 2.75) is 13.8 Å². The molecule has 0 aliphatic rings. The van der Waals surface area contributed by atoms with Gasteiger partial charge in [-0.3, -0.25) is 9.36 Å². The fraction of sp³-hybridized carbons (Fsp3) is 0.0909. The molecule has 4 rings (SSSR count). The molecule has 0 unspecified atom stereocenters. The van der Waals surface area contributed by atoms with E-state index >= 15 is 0 Å². The summed E-state index contributed by atoms with van der Waals surface area (Å²) in [6.45, 7) is 3.72. The van der Waals surface area contributed by atoms with Crippen molar-refractivity contribution in [3.8, 4) is 17.4 Å². The molecular formula is C22H18IN5O2. The summed E-state index contributed by atoms with van der Waals surface area (Å²) in [5.41, 5.74) is 1.29. The molecule has 0 spiro atoms. The molecule has 0 saturated carbocycles. The number of rotatable bonds is 5. The number of aryl methyl sites for hydroxylation is 2. The van der Waals surface area contributed by atoms with E-state index in [9.17, 15) is 4.79 Å². The predicted molar refractivity (Wildman–Crippen MR) is 122 cm³/mol. The number of carbonyl (C=O) groups is 1. The fourth-order valence-corrected chi connectivity index (χ4v) is 3.42. The lowest BCUT2D eigenvalue weighted by Gasteiger charge is -2.10. The van der Waals surface area contributed by atoms with Crippen LogP contribution in [-0.2, 0) is 0 Å². The van der Waals surface area contributed by atoms with E-state index in [1.807, 2.05) is 42.8 Å². The third-order valence-electron chi connectivity index (χ3n) is 4.29. The number of aromatic nitrogens is 4. The second-order valence-corrected chi connectivity index (χ2v) is 7.79. The van der Waals surface area contributed by atoms with Gasteiger partial charge >= 0.3 is 0 Å². The number of halogens is 1. The van der Waals surface area contributed by atoms with Crippen molar-refractivity contribution >= 4 is 34.2 Å². The number of nitrogens with zero attached hydrogens (tertiary/aromatic N) is 4. The number of benzene rings is 2. The molecule has 30 heavy (non-hydrogen) atoms. The Kier molecular flexibility index (Phi) is 5.75. The molecule has 4 aromatic rings. The fourth-order valence-electron chi connectivity index (χ4n) is 2.88. The zero-order valence-corrected chi connectivity index (χ0v) is 18.5. The van der Waals surface area contributed by atoms with Gasteiger partial charge in [0, 0.05) is 33.3 Å². The van der Waals surface area contributed by atoms with Crippen LogP contribution in [0.25, 0.3) is 5.82 Å². The SMILES string of the molecule is Cc1nc(Oc2ccc(NC(=O)c3cccc(I)c3)cc2)cc(-n2ccnc2C)n1. The van der Waals surface area contributed by atoms with Crippen LogP contribution in [-0.4, -0.2) is 25.4 Å². The monoisotopic (exact) mass is 511 g/mol. The minimum atomic E-state index is -0.158. The van der Waals surface area contributed by atoms with E-state index in [4.69, 9.17) is 4.74 Å². The smallest absolute Gasteiger partial charge is 0.255 e. The molecule has 150 valence electrons. The molecule has 2 heterocycles. The van der Waals surface area contributed by atoms with Crippen LogP contribution in [0, 0.1) is 17.4 Å². The maximum absolute atomic E-state index is 12.4. The molecule has 0 aliphatic carbocycles. The maximum Gasteiger partial charge on any atom is 0.255 e. The summed E-state index contributed by atoms with van der Waals surface area (Å²) in [6, 6.07) is 16.3. The van der Waals surface area contributed by atoms with Crippen LogP contribution in [0.1, 0.15) is 22.0 Å². The average molecular weight is 511 g/mol. The Hall–Kier alpha value is -3.27. The largest absolute Gasteiger partial charge is 0.439 e. The van der Waals surface area contributed by atoms with Crippen LogP contribution >= 0.6 is 22.6 Å². The summed E-state index contributed by atoms with van der Waals surface area (Å²) in [4.78, 5) is 25.4. The molecule has 2 aromatic heterocycles. The highest BCUT2D eigenvalue weighted by Crippen LogP contribution is 2.24. The molecule has 0 radical (unpaired) electrons. The quantitative estimate of drug-likeness (QED) is 0.385. The van der Waals surface area contributed by atoms with Crippen LogP contribution < -0.4 is 10.1 Å². The lowest BCUT2D eigenvalue weighted by Crippen LogP contribution is -2.11. The van der Waals surface area contributed by atoms with Crippen molar-refractivity contribution in [2.24, 2.45) is 0 Å². The minimum Gasteiger partial charge on any atom is -0.439 e. The predicted octanol–water partition coefficient (Wildman–Crippen LogP) is 4.93. The van der Waals surface area contributed by atoms with Crippen LogP contribution in [0.2, 0.25) is 0 Å². The van der Waals surface area contributed by atoms with Crippen LogP contribution in [0.3, 0.4) is 0 Å². The van der Waals surface area contributed by atoms with E-state index in [-0.39, 0.29) is 5.91 Å². The molecule has 8 heteroatoms. The van der Waals surface area contributed by atoms with Crippen molar-refractivity contribution in [2.75, 3.05) is 5.32 Å². The van der Waals surface area contributed by atoms with Gasteiger partial charge in [0.2, 0.25) is 5.88 Å². The lowest BCUT2D eigenvalue weighted by molar-refractivity contribution is 0.102. The first kappa shape index (κ1) is 20.0. The van der Waals surface area contributed by atoms with Gasteiger partial charge in [0.25, 0.3) is 5.91 Å². The van der Waals surface area contributed by atoms with E-state index in [1.165, 1.54) is 0 Å². The molecule has 0 saturated heterocycles. The van der Waals surface area contributed by atoms with Gasteiger partial charge in [-0.2, -0.15) is 4.98 Å². The van der Waals surface area contributed by atoms with Gasteiger partial charge in [-0.05, 0) is 78.9 Å². The number of carbonyl (C=O) groups excluding carboxylic acids is 1. The Morgan fingerprint density at radius 1 is 1.07 bits per heavy atom. The molecule has 1 amide bonds. The summed E-state index contributed by atoms with van der Waals surface area (Å²) < 4.78 is 8.77. The summed E-state index contributed by atoms with van der Waals surface area (Å²) >= 11 is 2.18. The molecule has 0 bridgehead atoms. The van der Waals surface area contributed by atoms with E-state index in [1.54, 1.807) is 42.6 Å². The molecule has 0 aliphatic heterocycles. The molecule has 1 N–H and O–H groups in total. The first-order valence-electron chi connectivity index (χ1n) is 9.19. The number of hydrogen-bond donors (Lipinski definition) is 1. The molecule has 7 nitrogen and oxygen atoms in total. The Labute approximate surface area is 187 Å². The molecule has 0 fully saturated rings. The normalized spacial score (nSPS) is 10.6. The van der Waals surface area contributed by atoms with Crippen LogP contribution in [0.15, 0.2) is 67.0 Å². The third kappa shape index (κ3) is 4.65. The van der Waals surface area contributed by atoms with Gasteiger partial charge in [-0.25, -0.2) is 9.97 Å². The highest BCUT2D eigenvalue weighted by Gasteiger charge is 2.09. The Balaban J connectivity index is 1.48. The van der Waals surface area contributed by atoms with Crippen molar-refractivity contribution in [1.82, 2.24) is 19.5 Å². The van der Waals surface area contributed by atoms with Crippen LogP contribution in [0.4, 0.5) is 5.69 Å². The van der Waals surface area contributed by atoms with Crippen molar-refractivity contribution in [1.29, 1.82) is 0 Å². The van der Waals surface area contributed by atoms with E-state index < -0.39 is 0 Å². The van der Waals surface area contributed by atoms with Gasteiger partial charge in [0.05, 0.1) is 0 Å². The summed E-state index contributed by atoms with van der Waals surface area (Å²) in [6.07, 6.45) is 3.56. The number of imidazole rings is 1. The number of ether oxygens (including phenoxy) is 1. The number of anilines is 1. The number of nitrogens with one attached hydrogen (secondary N) is 1. The zero-order valence-electron chi connectivity index (χ0n) is 16.3. The van der Waals surface area contributed by atoms with Gasteiger partial charge < -0.3 is 10.1 Å². The Morgan fingerprint density at radius 3 is 2.57 bits per heavy atom. The lowest BCUT2D eigenvalue weighted by atomic mass is 10.2. The molecule has 0 atom stereocenters. The van der Waals surface area contributed by atoms with Crippen molar-refractivity contribution in [3.63, 3.8) is 0 Å². The van der Waals surface area contributed by atoms with Crippen LogP contribution in [0.5, 0.6) is 11.6 Å². The first-order chi connectivity index (χ1) is 14.5. The van der Waals surface area contributed by atoms with E-state index in [0.717, 1.165) is 9.39 Å². The van der Waals surface area contributed by atoms with Gasteiger partial charge in [-0.15, -0.1) is 0 Å². The Bertz CT molecular complexity index is 1200. The topological polar surface area (TPSA) is 81.9 Å². The third-order valence-corrected chi connectivity index (χ3v) is 4.97. The zero-order chi connectivity index (χ0) is 21.1. The number of hydrogen-bond acceptors (Lipinski definition) is 5. The highest BCUT2D eigenvalue weighted by atomic mass is 127. The minimum absolute atomic E-state index is 0.158. The molecule has 2 aromatic carbocycles. The second-order valence-electron chi connectivity index (χ2n) is 6.55. The first-order valence-corrected chi connectivity index (χ1v) is 10.3. The van der Waals surface area contributed by atoms with Crippen molar-refractivity contribution < 1.29 is 9.53 Å². The summed E-state index contributed by atoms with van der Waals surface area (Å²) in [5, 5.41) is 2.89.